The van der Waals surface area contributed by atoms with Crippen LogP contribution in [0.4, 0.5) is 16.0 Å². The van der Waals surface area contributed by atoms with Gasteiger partial charge in [-0.2, -0.15) is 0 Å². The fraction of sp³-hybridized carbons (Fsp3) is 0.0952. The molecule has 0 aliphatic rings. The summed E-state index contributed by atoms with van der Waals surface area (Å²) in [6.07, 6.45) is 0. The quantitative estimate of drug-likeness (QED) is 0.370. The Kier molecular flexibility index (Phi) is 5.62. The monoisotopic (exact) mass is 440 g/mol. The van der Waals surface area contributed by atoms with Crippen molar-refractivity contribution >= 4 is 56.1 Å². The van der Waals surface area contributed by atoms with Gasteiger partial charge < -0.3 is 5.32 Å². The third-order valence-corrected chi connectivity index (χ3v) is 6.56. The molecular formula is C21H17ClN4OS2. The van der Waals surface area contributed by atoms with E-state index in [2.05, 4.69) is 20.6 Å². The highest BCUT2D eigenvalue weighted by molar-refractivity contribution is 7.20. The van der Waals surface area contributed by atoms with Gasteiger partial charge in [0, 0.05) is 21.7 Å². The van der Waals surface area contributed by atoms with Crippen molar-refractivity contribution < 1.29 is 4.79 Å². The zero-order chi connectivity index (χ0) is 20.4. The molecule has 0 saturated carbocycles. The average molecular weight is 441 g/mol. The second kappa shape index (κ2) is 8.32. The highest BCUT2D eigenvalue weighted by Crippen LogP contribution is 2.36. The second-order valence-corrected chi connectivity index (χ2v) is 8.59. The number of halogens is 1. The molecule has 0 spiro atoms. The summed E-state index contributed by atoms with van der Waals surface area (Å²) < 4.78 is 0. The summed E-state index contributed by atoms with van der Waals surface area (Å²) >= 11 is 9.11. The summed E-state index contributed by atoms with van der Waals surface area (Å²) in [5, 5.41) is 10.2. The lowest BCUT2D eigenvalue weighted by Crippen LogP contribution is -2.11. The molecule has 0 atom stereocenters. The van der Waals surface area contributed by atoms with E-state index in [9.17, 15) is 4.79 Å². The zero-order valence-corrected chi connectivity index (χ0v) is 18.1. The molecule has 0 aliphatic heterocycles. The van der Waals surface area contributed by atoms with E-state index in [0.29, 0.717) is 15.7 Å². The molecule has 2 aromatic heterocycles. The predicted molar refractivity (Wildman–Crippen MR) is 122 cm³/mol. The number of anilines is 3. The topological polar surface area (TPSA) is 66.9 Å². The Morgan fingerprint density at radius 3 is 2.59 bits per heavy atom. The van der Waals surface area contributed by atoms with Gasteiger partial charge in [-0.05, 0) is 43.7 Å². The van der Waals surface area contributed by atoms with Crippen molar-refractivity contribution in [3.63, 3.8) is 0 Å². The molecular weight excluding hydrogens is 424 g/mol. The number of thiazole rings is 2. The maximum absolute atomic E-state index is 12.4. The number of aromatic nitrogens is 2. The molecule has 8 heteroatoms. The van der Waals surface area contributed by atoms with E-state index < -0.39 is 0 Å². The maximum Gasteiger partial charge on any atom is 0.257 e. The van der Waals surface area contributed by atoms with Crippen molar-refractivity contribution in [3.8, 4) is 10.6 Å². The molecule has 146 valence electrons. The van der Waals surface area contributed by atoms with Crippen molar-refractivity contribution in [1.29, 1.82) is 0 Å². The number of benzene rings is 2. The molecule has 4 aromatic rings. The van der Waals surface area contributed by atoms with Crippen LogP contribution in [0.3, 0.4) is 0 Å². The molecule has 0 aliphatic carbocycles. The van der Waals surface area contributed by atoms with Crippen molar-refractivity contribution in [2.45, 2.75) is 13.8 Å². The number of carbonyl (C=O) groups excluding carboxylic acids is 1. The van der Waals surface area contributed by atoms with E-state index in [-0.39, 0.29) is 5.91 Å². The van der Waals surface area contributed by atoms with Crippen molar-refractivity contribution in [2.75, 3.05) is 10.6 Å². The van der Waals surface area contributed by atoms with E-state index in [0.717, 1.165) is 32.6 Å². The SMILES string of the molecule is Cc1nc(NC(=O)c2ccccc2)sc1-c1csc(Nc2cccc(Cl)c2C)n1. The summed E-state index contributed by atoms with van der Waals surface area (Å²) in [5.74, 6) is -0.178. The van der Waals surface area contributed by atoms with Crippen LogP contribution in [0.5, 0.6) is 0 Å². The normalized spacial score (nSPS) is 10.7. The molecule has 2 aromatic carbocycles. The van der Waals surface area contributed by atoms with Crippen LogP contribution >= 0.6 is 34.3 Å². The summed E-state index contributed by atoms with van der Waals surface area (Å²) in [4.78, 5) is 22.5. The molecule has 2 heterocycles. The highest BCUT2D eigenvalue weighted by atomic mass is 35.5. The van der Waals surface area contributed by atoms with Crippen LogP contribution in [-0.2, 0) is 0 Å². The van der Waals surface area contributed by atoms with Crippen LogP contribution in [-0.4, -0.2) is 15.9 Å². The number of carbonyl (C=O) groups is 1. The van der Waals surface area contributed by atoms with E-state index in [1.54, 1.807) is 12.1 Å². The minimum Gasteiger partial charge on any atom is -0.331 e. The molecule has 5 nitrogen and oxygen atoms in total. The van der Waals surface area contributed by atoms with Crippen LogP contribution in [0.15, 0.2) is 53.9 Å². The molecule has 4 rings (SSSR count). The van der Waals surface area contributed by atoms with Gasteiger partial charge in [-0.1, -0.05) is 47.2 Å². The van der Waals surface area contributed by atoms with Crippen molar-refractivity contribution in [3.05, 3.63) is 75.8 Å². The standard InChI is InChI=1S/C21H17ClN4OS2/c1-12-15(22)9-6-10-16(12)24-20-25-17(11-28-20)18-13(2)23-21(29-18)26-19(27)14-7-4-3-5-8-14/h3-11H,1-2H3,(H,24,25)(H,23,26,27). The number of hydrogen-bond acceptors (Lipinski definition) is 6. The predicted octanol–water partition coefficient (Wildman–Crippen LogP) is 6.53. The summed E-state index contributed by atoms with van der Waals surface area (Å²) in [7, 11) is 0. The molecule has 0 radical (unpaired) electrons. The van der Waals surface area contributed by atoms with Crippen LogP contribution in [0.2, 0.25) is 5.02 Å². The number of nitrogens with zero attached hydrogens (tertiary/aromatic N) is 2. The third kappa shape index (κ3) is 4.32. The molecule has 0 saturated heterocycles. The minimum atomic E-state index is -0.178. The molecule has 0 bridgehead atoms. The number of rotatable bonds is 5. The third-order valence-electron chi connectivity index (χ3n) is 4.30. The van der Waals surface area contributed by atoms with Gasteiger partial charge in [0.2, 0.25) is 0 Å². The van der Waals surface area contributed by atoms with Gasteiger partial charge in [0.15, 0.2) is 10.3 Å². The van der Waals surface area contributed by atoms with E-state index >= 15 is 0 Å². The average Bonchev–Trinajstić information content (AvgIpc) is 3.32. The largest absolute Gasteiger partial charge is 0.331 e. The van der Waals surface area contributed by atoms with Gasteiger partial charge in [0.05, 0.1) is 16.3 Å². The van der Waals surface area contributed by atoms with Crippen molar-refractivity contribution in [1.82, 2.24) is 9.97 Å². The van der Waals surface area contributed by atoms with Crippen LogP contribution in [0, 0.1) is 13.8 Å². The smallest absolute Gasteiger partial charge is 0.257 e. The lowest BCUT2D eigenvalue weighted by Gasteiger charge is -2.07. The molecule has 29 heavy (non-hydrogen) atoms. The Bertz CT molecular complexity index is 1170. The van der Waals surface area contributed by atoms with Gasteiger partial charge >= 0.3 is 0 Å². The first kappa shape index (κ1) is 19.6. The molecule has 2 N–H and O–H groups in total. The maximum atomic E-state index is 12.4. The summed E-state index contributed by atoms with van der Waals surface area (Å²) in [6, 6.07) is 14.8. The highest BCUT2D eigenvalue weighted by Gasteiger charge is 2.16. The summed E-state index contributed by atoms with van der Waals surface area (Å²) in [5.41, 5.74) is 4.15. The van der Waals surface area contributed by atoms with Gasteiger partial charge in [0.1, 0.15) is 0 Å². The first-order chi connectivity index (χ1) is 14.0. The van der Waals surface area contributed by atoms with Gasteiger partial charge in [-0.3, -0.25) is 10.1 Å². The zero-order valence-electron chi connectivity index (χ0n) is 15.7. The lowest BCUT2D eigenvalue weighted by molar-refractivity contribution is 0.102. The summed E-state index contributed by atoms with van der Waals surface area (Å²) in [6.45, 7) is 3.88. The first-order valence-electron chi connectivity index (χ1n) is 8.83. The van der Waals surface area contributed by atoms with E-state index in [1.807, 2.05) is 55.6 Å². The molecule has 0 unspecified atom stereocenters. The fourth-order valence-corrected chi connectivity index (χ4v) is 4.62. The second-order valence-electron chi connectivity index (χ2n) is 6.33. The lowest BCUT2D eigenvalue weighted by atomic mass is 10.2. The number of hydrogen-bond donors (Lipinski definition) is 2. The number of amides is 1. The Hall–Kier alpha value is -2.74. The Morgan fingerprint density at radius 2 is 1.79 bits per heavy atom. The van der Waals surface area contributed by atoms with Gasteiger partial charge in [-0.25, -0.2) is 9.97 Å². The fourth-order valence-electron chi connectivity index (χ4n) is 2.74. The van der Waals surface area contributed by atoms with Crippen molar-refractivity contribution in [2.24, 2.45) is 0 Å². The number of nitrogens with one attached hydrogen (secondary N) is 2. The van der Waals surface area contributed by atoms with E-state index in [1.165, 1.54) is 22.7 Å². The minimum absolute atomic E-state index is 0.178. The Morgan fingerprint density at radius 1 is 1.00 bits per heavy atom. The first-order valence-corrected chi connectivity index (χ1v) is 10.9. The van der Waals surface area contributed by atoms with E-state index in [4.69, 9.17) is 11.6 Å². The Balaban J connectivity index is 1.52. The van der Waals surface area contributed by atoms with Gasteiger partial charge in [-0.15, -0.1) is 11.3 Å². The van der Waals surface area contributed by atoms with Crippen LogP contribution in [0.1, 0.15) is 21.6 Å². The van der Waals surface area contributed by atoms with Crippen LogP contribution < -0.4 is 10.6 Å². The number of aryl methyl sites for hydroxylation is 1. The molecule has 1 amide bonds. The Labute approximate surface area is 181 Å². The molecule has 0 fully saturated rings. The van der Waals surface area contributed by atoms with Crippen LogP contribution in [0.25, 0.3) is 10.6 Å². The van der Waals surface area contributed by atoms with Gasteiger partial charge in [0.25, 0.3) is 5.91 Å².